The van der Waals surface area contributed by atoms with E-state index in [9.17, 15) is 0 Å². The second-order valence-electron chi connectivity index (χ2n) is 6.67. The fourth-order valence-electron chi connectivity index (χ4n) is 3.28. The maximum absolute atomic E-state index is 6.12. The molecule has 1 aliphatic rings. The lowest BCUT2D eigenvalue weighted by atomic mass is 10.2. The maximum atomic E-state index is 6.12. The number of benzene rings is 3. The molecular formula is C24H25OPS2. The third-order valence-electron chi connectivity index (χ3n) is 4.70. The molecule has 0 atom stereocenters. The lowest BCUT2D eigenvalue weighted by Gasteiger charge is -2.21. The van der Waals surface area contributed by atoms with E-state index >= 15 is 0 Å². The second kappa shape index (κ2) is 10.4. The molecule has 0 saturated carbocycles. The summed E-state index contributed by atoms with van der Waals surface area (Å²) >= 11 is 4.13. The van der Waals surface area contributed by atoms with Crippen LogP contribution in [0.15, 0.2) is 84.9 Å². The number of thioether (sulfide) groups is 2. The zero-order valence-corrected chi connectivity index (χ0v) is 18.4. The van der Waals surface area contributed by atoms with Gasteiger partial charge in [-0.15, -0.1) is 23.5 Å². The van der Waals surface area contributed by atoms with Gasteiger partial charge in [0.2, 0.25) is 0 Å². The average molecular weight is 425 g/mol. The first-order valence-electron chi connectivity index (χ1n) is 9.74. The molecule has 0 unspecified atom stereocenters. The van der Waals surface area contributed by atoms with E-state index in [2.05, 4.69) is 108 Å². The van der Waals surface area contributed by atoms with Gasteiger partial charge < -0.3 is 4.74 Å². The minimum Gasteiger partial charge on any atom is -0.493 e. The summed E-state index contributed by atoms with van der Waals surface area (Å²) in [5.74, 6) is 3.53. The summed E-state index contributed by atoms with van der Waals surface area (Å²) in [6.07, 6.45) is 2.36. The highest BCUT2D eigenvalue weighted by atomic mass is 32.2. The minimum absolute atomic E-state index is 0.395. The van der Waals surface area contributed by atoms with Crippen LogP contribution in [0.1, 0.15) is 16.6 Å². The van der Waals surface area contributed by atoms with Gasteiger partial charge in [0.25, 0.3) is 0 Å². The molecule has 4 heteroatoms. The number of hydrogen-bond acceptors (Lipinski definition) is 3. The first-order valence-corrected chi connectivity index (χ1v) is 13.4. The molecule has 1 fully saturated rings. The van der Waals surface area contributed by atoms with E-state index < -0.39 is 7.92 Å². The number of ether oxygens (including phenoxy) is 1. The fraction of sp³-hybridized carbons (Fsp3) is 0.250. The SMILES string of the molecule is c1ccc(P(CCOc2ccc(C3SCCCS3)cc2)c2ccccc2)cc1. The van der Waals surface area contributed by atoms with Crippen molar-refractivity contribution in [2.75, 3.05) is 24.3 Å². The molecule has 1 nitrogen and oxygen atoms in total. The summed E-state index contributed by atoms with van der Waals surface area (Å²) in [4.78, 5) is 0. The summed E-state index contributed by atoms with van der Waals surface area (Å²) in [6.45, 7) is 0.738. The Kier molecular flexibility index (Phi) is 7.38. The van der Waals surface area contributed by atoms with E-state index in [1.807, 2.05) is 0 Å². The maximum Gasteiger partial charge on any atom is 0.119 e. The Morgan fingerprint density at radius 2 is 1.32 bits per heavy atom. The molecule has 144 valence electrons. The highest BCUT2D eigenvalue weighted by Crippen LogP contribution is 2.43. The van der Waals surface area contributed by atoms with Crippen LogP contribution in [0.4, 0.5) is 0 Å². The third kappa shape index (κ3) is 5.35. The average Bonchev–Trinajstić information content (AvgIpc) is 2.79. The van der Waals surface area contributed by atoms with Gasteiger partial charge in [0.1, 0.15) is 5.75 Å². The molecule has 1 saturated heterocycles. The van der Waals surface area contributed by atoms with Gasteiger partial charge in [-0.2, -0.15) is 0 Å². The van der Waals surface area contributed by atoms with E-state index in [4.69, 9.17) is 4.74 Å². The van der Waals surface area contributed by atoms with Crippen LogP contribution in [-0.2, 0) is 0 Å². The summed E-state index contributed by atoms with van der Waals surface area (Å²) in [5.41, 5.74) is 1.41. The predicted molar refractivity (Wildman–Crippen MR) is 128 cm³/mol. The summed E-state index contributed by atoms with van der Waals surface area (Å²) in [6, 6.07) is 30.4. The Hall–Kier alpha value is -1.41. The highest BCUT2D eigenvalue weighted by molar-refractivity contribution is 8.16. The van der Waals surface area contributed by atoms with Crippen LogP contribution in [0, 0.1) is 0 Å². The van der Waals surface area contributed by atoms with Crippen molar-refractivity contribution in [1.82, 2.24) is 0 Å². The van der Waals surface area contributed by atoms with E-state index in [0.29, 0.717) is 4.58 Å². The Morgan fingerprint density at radius 3 is 1.89 bits per heavy atom. The minimum atomic E-state index is -0.395. The molecule has 0 amide bonds. The molecule has 4 rings (SSSR count). The summed E-state index contributed by atoms with van der Waals surface area (Å²) in [5, 5.41) is 2.82. The molecule has 1 heterocycles. The monoisotopic (exact) mass is 424 g/mol. The quantitative estimate of drug-likeness (QED) is 0.426. The zero-order chi connectivity index (χ0) is 19.0. The topological polar surface area (TPSA) is 9.23 Å². The zero-order valence-electron chi connectivity index (χ0n) is 15.9. The van der Waals surface area contributed by atoms with Crippen LogP contribution in [0.25, 0.3) is 0 Å². The van der Waals surface area contributed by atoms with Crippen molar-refractivity contribution in [2.45, 2.75) is 11.0 Å². The molecule has 0 aromatic heterocycles. The smallest absolute Gasteiger partial charge is 0.119 e. The Balaban J connectivity index is 1.38. The standard InChI is InChI=1S/C24H25OPS2/c1-3-8-22(9-4-1)26(23-10-5-2-6-11-23)17-16-25-21-14-12-20(13-15-21)24-27-18-7-19-28-24/h1-6,8-15,24H,7,16-19H2. The molecule has 0 N–H and O–H groups in total. The Labute approximate surface area is 178 Å². The lowest BCUT2D eigenvalue weighted by Crippen LogP contribution is -2.17. The van der Waals surface area contributed by atoms with E-state index in [1.165, 1.54) is 34.1 Å². The first kappa shape index (κ1) is 19.9. The Bertz CT molecular complexity index is 794. The normalized spacial score (nSPS) is 14.9. The van der Waals surface area contributed by atoms with Crippen LogP contribution >= 0.6 is 31.4 Å². The first-order chi connectivity index (χ1) is 13.9. The molecule has 1 aliphatic heterocycles. The molecule has 0 aliphatic carbocycles. The van der Waals surface area contributed by atoms with Crippen molar-refractivity contribution in [3.05, 3.63) is 90.5 Å². The van der Waals surface area contributed by atoms with Crippen molar-refractivity contribution in [2.24, 2.45) is 0 Å². The van der Waals surface area contributed by atoms with E-state index in [1.54, 1.807) is 0 Å². The molecule has 28 heavy (non-hydrogen) atoms. The van der Waals surface area contributed by atoms with Crippen LogP contribution in [0.3, 0.4) is 0 Å². The third-order valence-corrected chi connectivity index (χ3v) is 10.2. The number of rotatable bonds is 7. The number of hydrogen-bond donors (Lipinski definition) is 0. The van der Waals surface area contributed by atoms with E-state index in [-0.39, 0.29) is 0 Å². The highest BCUT2D eigenvalue weighted by Gasteiger charge is 2.17. The van der Waals surface area contributed by atoms with Crippen molar-refractivity contribution >= 4 is 42.1 Å². The van der Waals surface area contributed by atoms with Gasteiger partial charge in [-0.3, -0.25) is 0 Å². The fourth-order valence-corrected chi connectivity index (χ4v) is 8.33. The van der Waals surface area contributed by atoms with Crippen LogP contribution < -0.4 is 15.3 Å². The van der Waals surface area contributed by atoms with Gasteiger partial charge in [-0.25, -0.2) is 0 Å². The molecule has 3 aromatic rings. The van der Waals surface area contributed by atoms with Gasteiger partial charge in [0.05, 0.1) is 11.2 Å². The van der Waals surface area contributed by atoms with Crippen LogP contribution in [0.2, 0.25) is 0 Å². The van der Waals surface area contributed by atoms with Gasteiger partial charge in [-0.05, 0) is 54.2 Å². The predicted octanol–water partition coefficient (Wildman–Crippen LogP) is 6.07. The lowest BCUT2D eigenvalue weighted by molar-refractivity contribution is 0.343. The van der Waals surface area contributed by atoms with Crippen LogP contribution in [0.5, 0.6) is 5.75 Å². The summed E-state index contributed by atoms with van der Waals surface area (Å²) < 4.78 is 6.71. The van der Waals surface area contributed by atoms with Crippen molar-refractivity contribution in [3.63, 3.8) is 0 Å². The molecule has 0 radical (unpaired) electrons. The molecule has 3 aromatic carbocycles. The van der Waals surface area contributed by atoms with Crippen molar-refractivity contribution in [3.8, 4) is 5.75 Å². The van der Waals surface area contributed by atoms with Gasteiger partial charge in [-0.1, -0.05) is 72.8 Å². The van der Waals surface area contributed by atoms with Gasteiger partial charge in [0, 0.05) is 6.16 Å². The Morgan fingerprint density at radius 1 is 0.750 bits per heavy atom. The van der Waals surface area contributed by atoms with E-state index in [0.717, 1.165) is 18.5 Å². The van der Waals surface area contributed by atoms with Crippen molar-refractivity contribution in [1.29, 1.82) is 0 Å². The molecular weight excluding hydrogens is 399 g/mol. The van der Waals surface area contributed by atoms with Gasteiger partial charge in [0.15, 0.2) is 0 Å². The largest absolute Gasteiger partial charge is 0.493 e. The van der Waals surface area contributed by atoms with Crippen LogP contribution in [-0.4, -0.2) is 24.3 Å². The second-order valence-corrected chi connectivity index (χ2v) is 11.7. The summed E-state index contributed by atoms with van der Waals surface area (Å²) in [7, 11) is -0.395. The van der Waals surface area contributed by atoms with Crippen molar-refractivity contribution < 1.29 is 4.74 Å². The molecule has 0 spiro atoms. The van der Waals surface area contributed by atoms with Gasteiger partial charge >= 0.3 is 0 Å². The molecule has 0 bridgehead atoms.